The molecule has 0 bridgehead atoms. The fraction of sp³-hybridized carbons (Fsp3) is 0.625. The monoisotopic (exact) mass is 325 g/mol. The molecule has 0 aliphatic carbocycles. The molecule has 1 aromatic rings. The normalized spacial score (nSPS) is 20.3. The predicted octanol–water partition coefficient (Wildman–Crippen LogP) is 4.48. The van der Waals surface area contributed by atoms with Crippen LogP contribution in [0.1, 0.15) is 40.5 Å². The molecule has 0 N–H and O–H groups in total. The van der Waals surface area contributed by atoms with Crippen molar-refractivity contribution >= 4 is 15.9 Å². The molecular weight excluding hydrogens is 302 g/mol. The second-order valence-electron chi connectivity index (χ2n) is 6.64. The molecule has 2 nitrogen and oxygen atoms in total. The van der Waals surface area contributed by atoms with Crippen molar-refractivity contribution in [1.82, 2.24) is 4.90 Å². The molecule has 2 rings (SSSR count). The van der Waals surface area contributed by atoms with Crippen LogP contribution in [0.25, 0.3) is 0 Å². The van der Waals surface area contributed by atoms with E-state index in [0.717, 1.165) is 36.2 Å². The lowest BCUT2D eigenvalue weighted by Crippen LogP contribution is -2.52. The number of likely N-dealkylation sites (tertiary alicyclic amines) is 1. The standard InChI is InChI=1S/C16H24BrNO/c1-15(2,3)18-11-9-16(4,10-12-18)19-14-8-6-5-7-13(14)17/h5-8H,9-12H2,1-4H3. The number of rotatable bonds is 2. The van der Waals surface area contributed by atoms with E-state index in [1.54, 1.807) is 0 Å². The molecule has 1 aliphatic rings. The van der Waals surface area contributed by atoms with Gasteiger partial charge in [-0.1, -0.05) is 12.1 Å². The van der Waals surface area contributed by atoms with E-state index in [9.17, 15) is 0 Å². The Bertz CT molecular complexity index is 431. The van der Waals surface area contributed by atoms with Gasteiger partial charge in [0.25, 0.3) is 0 Å². The molecule has 19 heavy (non-hydrogen) atoms. The van der Waals surface area contributed by atoms with Crippen LogP contribution in [-0.2, 0) is 0 Å². The Morgan fingerprint density at radius 3 is 2.26 bits per heavy atom. The topological polar surface area (TPSA) is 12.5 Å². The zero-order valence-corrected chi connectivity index (χ0v) is 14.0. The van der Waals surface area contributed by atoms with Gasteiger partial charge in [-0.25, -0.2) is 0 Å². The third kappa shape index (κ3) is 3.73. The van der Waals surface area contributed by atoms with Gasteiger partial charge in [-0.05, 0) is 68.6 Å². The third-order valence-corrected chi connectivity index (χ3v) is 4.62. The first kappa shape index (κ1) is 14.9. The summed E-state index contributed by atoms with van der Waals surface area (Å²) in [4.78, 5) is 2.54. The van der Waals surface area contributed by atoms with Crippen molar-refractivity contribution in [2.75, 3.05) is 13.1 Å². The predicted molar refractivity (Wildman–Crippen MR) is 83.7 cm³/mol. The van der Waals surface area contributed by atoms with E-state index in [1.807, 2.05) is 24.3 Å². The van der Waals surface area contributed by atoms with Gasteiger partial charge in [0.15, 0.2) is 0 Å². The maximum Gasteiger partial charge on any atom is 0.134 e. The van der Waals surface area contributed by atoms with Gasteiger partial charge < -0.3 is 4.74 Å². The lowest BCUT2D eigenvalue weighted by atomic mass is 9.90. The quantitative estimate of drug-likeness (QED) is 0.794. The molecule has 0 spiro atoms. The van der Waals surface area contributed by atoms with Gasteiger partial charge in [0.2, 0.25) is 0 Å². The number of hydrogen-bond donors (Lipinski definition) is 0. The molecule has 0 unspecified atom stereocenters. The van der Waals surface area contributed by atoms with Crippen LogP contribution in [0.2, 0.25) is 0 Å². The van der Waals surface area contributed by atoms with Crippen molar-refractivity contribution in [3.05, 3.63) is 28.7 Å². The molecule has 1 heterocycles. The summed E-state index contributed by atoms with van der Waals surface area (Å²) in [6.45, 7) is 11.3. The third-order valence-electron chi connectivity index (χ3n) is 3.96. The van der Waals surface area contributed by atoms with Crippen molar-refractivity contribution in [2.24, 2.45) is 0 Å². The maximum absolute atomic E-state index is 6.26. The van der Waals surface area contributed by atoms with Crippen molar-refractivity contribution in [1.29, 1.82) is 0 Å². The van der Waals surface area contributed by atoms with E-state index >= 15 is 0 Å². The molecule has 3 heteroatoms. The molecule has 0 amide bonds. The number of benzene rings is 1. The summed E-state index contributed by atoms with van der Waals surface area (Å²) in [7, 11) is 0. The van der Waals surface area contributed by atoms with Gasteiger partial charge in [0.05, 0.1) is 4.47 Å². The number of halogens is 1. The van der Waals surface area contributed by atoms with Gasteiger partial charge in [0, 0.05) is 18.6 Å². The van der Waals surface area contributed by atoms with Gasteiger partial charge in [-0.15, -0.1) is 0 Å². The minimum Gasteiger partial charge on any atom is -0.486 e. The van der Waals surface area contributed by atoms with Crippen LogP contribution in [0.4, 0.5) is 0 Å². The Morgan fingerprint density at radius 1 is 1.16 bits per heavy atom. The number of piperidine rings is 1. The highest BCUT2D eigenvalue weighted by molar-refractivity contribution is 9.10. The number of para-hydroxylation sites is 1. The van der Waals surface area contributed by atoms with Crippen LogP contribution in [0.15, 0.2) is 28.7 Å². The Morgan fingerprint density at radius 2 is 1.74 bits per heavy atom. The van der Waals surface area contributed by atoms with Gasteiger partial charge in [-0.3, -0.25) is 4.90 Å². The summed E-state index contributed by atoms with van der Waals surface area (Å²) >= 11 is 3.56. The molecule has 1 fully saturated rings. The zero-order chi connectivity index (χ0) is 14.1. The molecule has 0 radical (unpaired) electrons. The molecule has 0 saturated carbocycles. The maximum atomic E-state index is 6.26. The van der Waals surface area contributed by atoms with E-state index in [2.05, 4.69) is 48.5 Å². The highest BCUT2D eigenvalue weighted by Gasteiger charge is 2.35. The average Bonchev–Trinajstić information content (AvgIpc) is 2.31. The van der Waals surface area contributed by atoms with Crippen molar-refractivity contribution in [3.8, 4) is 5.75 Å². The summed E-state index contributed by atoms with van der Waals surface area (Å²) < 4.78 is 7.30. The first-order valence-electron chi connectivity index (χ1n) is 6.99. The largest absolute Gasteiger partial charge is 0.486 e. The van der Waals surface area contributed by atoms with Crippen LogP contribution in [0.5, 0.6) is 5.75 Å². The van der Waals surface area contributed by atoms with Crippen LogP contribution >= 0.6 is 15.9 Å². The Kier molecular flexibility index (Phi) is 4.26. The first-order valence-corrected chi connectivity index (χ1v) is 7.78. The van der Waals surface area contributed by atoms with Crippen LogP contribution in [-0.4, -0.2) is 29.1 Å². The highest BCUT2D eigenvalue weighted by Crippen LogP contribution is 2.34. The molecule has 1 aromatic carbocycles. The Labute approximate surface area is 125 Å². The minimum absolute atomic E-state index is 0.0500. The summed E-state index contributed by atoms with van der Waals surface area (Å²) in [5.41, 5.74) is 0.209. The van der Waals surface area contributed by atoms with Gasteiger partial charge in [-0.2, -0.15) is 0 Å². The molecule has 1 aliphatic heterocycles. The Hall–Kier alpha value is -0.540. The van der Waals surface area contributed by atoms with E-state index in [4.69, 9.17) is 4.74 Å². The summed E-state index contributed by atoms with van der Waals surface area (Å²) in [6.07, 6.45) is 2.15. The summed E-state index contributed by atoms with van der Waals surface area (Å²) in [5, 5.41) is 0. The van der Waals surface area contributed by atoms with Crippen molar-refractivity contribution < 1.29 is 4.74 Å². The zero-order valence-electron chi connectivity index (χ0n) is 12.4. The number of hydrogen-bond acceptors (Lipinski definition) is 2. The molecule has 106 valence electrons. The van der Waals surface area contributed by atoms with E-state index in [1.165, 1.54) is 0 Å². The molecule has 1 saturated heterocycles. The van der Waals surface area contributed by atoms with Gasteiger partial charge in [0.1, 0.15) is 11.4 Å². The average molecular weight is 326 g/mol. The van der Waals surface area contributed by atoms with E-state index < -0.39 is 0 Å². The molecular formula is C16H24BrNO. The second-order valence-corrected chi connectivity index (χ2v) is 7.49. The summed E-state index contributed by atoms with van der Waals surface area (Å²) in [5.74, 6) is 0.953. The smallest absolute Gasteiger partial charge is 0.134 e. The second kappa shape index (κ2) is 5.45. The first-order chi connectivity index (χ1) is 8.80. The van der Waals surface area contributed by atoms with E-state index in [0.29, 0.717) is 0 Å². The number of ether oxygens (including phenoxy) is 1. The van der Waals surface area contributed by atoms with Crippen LogP contribution in [0, 0.1) is 0 Å². The minimum atomic E-state index is -0.0500. The molecule has 0 aromatic heterocycles. The van der Waals surface area contributed by atoms with Crippen molar-refractivity contribution in [3.63, 3.8) is 0 Å². The van der Waals surface area contributed by atoms with Gasteiger partial charge >= 0.3 is 0 Å². The van der Waals surface area contributed by atoms with Crippen LogP contribution < -0.4 is 4.74 Å². The van der Waals surface area contributed by atoms with Crippen molar-refractivity contribution in [2.45, 2.75) is 51.7 Å². The molecule has 0 atom stereocenters. The lowest BCUT2D eigenvalue weighted by molar-refractivity contribution is -0.0113. The van der Waals surface area contributed by atoms with Crippen LogP contribution in [0.3, 0.4) is 0 Å². The fourth-order valence-corrected chi connectivity index (χ4v) is 2.91. The fourth-order valence-electron chi connectivity index (χ4n) is 2.55. The number of nitrogens with zero attached hydrogens (tertiary/aromatic N) is 1. The summed E-state index contributed by atoms with van der Waals surface area (Å²) in [6, 6.07) is 8.10. The lowest BCUT2D eigenvalue weighted by Gasteiger charge is -2.45. The Balaban J connectivity index is 2.01. The highest BCUT2D eigenvalue weighted by atomic mass is 79.9. The van der Waals surface area contributed by atoms with E-state index in [-0.39, 0.29) is 11.1 Å². The SMILES string of the molecule is CC1(Oc2ccccc2Br)CCN(C(C)(C)C)CC1.